The van der Waals surface area contributed by atoms with Crippen LogP contribution in [0.1, 0.15) is 17.3 Å². The standard InChI is InChI=1S/C18H17ClFN5O2/c1-11(9-27-2)22-18(26)13-5-12(16-4-3-14(19)8-17(16)20)6-15(7-13)25-10-21-23-24-25/h3-8,10-11H,9H2,1-2H3,(H,22,26). The molecule has 3 rings (SSSR count). The molecule has 1 unspecified atom stereocenters. The van der Waals surface area contributed by atoms with E-state index in [2.05, 4.69) is 20.8 Å². The third-order valence-corrected chi connectivity index (χ3v) is 4.06. The number of carbonyl (C=O) groups is 1. The SMILES string of the molecule is COCC(C)NC(=O)c1cc(-c2ccc(Cl)cc2F)cc(-n2cnnn2)c1. The molecule has 0 saturated heterocycles. The number of amides is 1. The van der Waals surface area contributed by atoms with E-state index in [4.69, 9.17) is 16.3 Å². The van der Waals surface area contributed by atoms with Gasteiger partial charge in [-0.2, -0.15) is 0 Å². The maximum atomic E-state index is 14.4. The summed E-state index contributed by atoms with van der Waals surface area (Å²) in [6, 6.07) is 9.11. The fourth-order valence-electron chi connectivity index (χ4n) is 2.63. The average Bonchev–Trinajstić information content (AvgIpc) is 3.16. The number of rotatable bonds is 6. The Morgan fingerprint density at radius 2 is 2.15 bits per heavy atom. The molecule has 3 aromatic rings. The number of ether oxygens (including phenoxy) is 1. The Morgan fingerprint density at radius 1 is 1.33 bits per heavy atom. The van der Waals surface area contributed by atoms with Crippen molar-refractivity contribution in [2.75, 3.05) is 13.7 Å². The van der Waals surface area contributed by atoms with Crippen LogP contribution in [0.4, 0.5) is 4.39 Å². The first-order valence-corrected chi connectivity index (χ1v) is 8.49. The lowest BCUT2D eigenvalue weighted by Gasteiger charge is -2.14. The van der Waals surface area contributed by atoms with Gasteiger partial charge in [0.1, 0.15) is 12.1 Å². The van der Waals surface area contributed by atoms with E-state index in [9.17, 15) is 9.18 Å². The molecule has 0 aliphatic heterocycles. The zero-order valence-corrected chi connectivity index (χ0v) is 15.4. The second kappa shape index (κ2) is 8.24. The Kier molecular flexibility index (Phi) is 5.78. The first kappa shape index (κ1) is 18.9. The number of halogens is 2. The molecule has 1 amide bonds. The van der Waals surface area contributed by atoms with Gasteiger partial charge in [0.2, 0.25) is 0 Å². The van der Waals surface area contributed by atoms with Crippen molar-refractivity contribution in [2.45, 2.75) is 13.0 Å². The van der Waals surface area contributed by atoms with E-state index in [1.54, 1.807) is 37.4 Å². The van der Waals surface area contributed by atoms with Crippen LogP contribution in [0, 0.1) is 5.82 Å². The number of nitrogens with zero attached hydrogens (tertiary/aromatic N) is 4. The Bertz CT molecular complexity index is 949. The summed E-state index contributed by atoms with van der Waals surface area (Å²) in [4.78, 5) is 12.6. The van der Waals surface area contributed by atoms with Gasteiger partial charge in [-0.1, -0.05) is 11.6 Å². The maximum absolute atomic E-state index is 14.4. The molecule has 1 heterocycles. The molecule has 1 aromatic heterocycles. The highest BCUT2D eigenvalue weighted by atomic mass is 35.5. The van der Waals surface area contributed by atoms with Gasteiger partial charge < -0.3 is 10.1 Å². The van der Waals surface area contributed by atoms with Crippen molar-refractivity contribution >= 4 is 17.5 Å². The first-order valence-electron chi connectivity index (χ1n) is 8.11. The lowest BCUT2D eigenvalue weighted by Crippen LogP contribution is -2.35. The van der Waals surface area contributed by atoms with Gasteiger partial charge in [-0.25, -0.2) is 9.07 Å². The minimum Gasteiger partial charge on any atom is -0.383 e. The van der Waals surface area contributed by atoms with E-state index in [0.717, 1.165) is 0 Å². The second-order valence-corrected chi connectivity index (χ2v) is 6.41. The van der Waals surface area contributed by atoms with E-state index < -0.39 is 5.82 Å². The summed E-state index contributed by atoms with van der Waals surface area (Å²) in [5.74, 6) is -0.805. The van der Waals surface area contributed by atoms with Crippen LogP contribution in [0.15, 0.2) is 42.7 Å². The van der Waals surface area contributed by atoms with E-state index in [1.165, 1.54) is 17.1 Å². The van der Waals surface area contributed by atoms with Gasteiger partial charge in [0.25, 0.3) is 5.91 Å². The Balaban J connectivity index is 2.05. The van der Waals surface area contributed by atoms with E-state index in [-0.39, 0.29) is 11.9 Å². The quantitative estimate of drug-likeness (QED) is 0.701. The molecule has 0 radical (unpaired) electrons. The van der Waals surface area contributed by atoms with Crippen molar-refractivity contribution in [1.29, 1.82) is 0 Å². The minimum atomic E-state index is -0.490. The zero-order valence-electron chi connectivity index (χ0n) is 14.7. The van der Waals surface area contributed by atoms with E-state index >= 15 is 0 Å². The monoisotopic (exact) mass is 389 g/mol. The number of hydrogen-bond acceptors (Lipinski definition) is 5. The van der Waals surface area contributed by atoms with E-state index in [0.29, 0.717) is 34.0 Å². The van der Waals surface area contributed by atoms with Crippen molar-refractivity contribution in [3.63, 3.8) is 0 Å². The van der Waals surface area contributed by atoms with Crippen LogP contribution in [0.5, 0.6) is 0 Å². The van der Waals surface area contributed by atoms with Crippen LogP contribution in [0.25, 0.3) is 16.8 Å². The van der Waals surface area contributed by atoms with Crippen LogP contribution in [0.2, 0.25) is 5.02 Å². The van der Waals surface area contributed by atoms with Crippen molar-refractivity contribution < 1.29 is 13.9 Å². The number of carbonyl (C=O) groups excluding carboxylic acids is 1. The third-order valence-electron chi connectivity index (χ3n) is 3.83. The fourth-order valence-corrected chi connectivity index (χ4v) is 2.79. The summed E-state index contributed by atoms with van der Waals surface area (Å²) in [7, 11) is 1.56. The third kappa shape index (κ3) is 4.47. The molecular weight excluding hydrogens is 373 g/mol. The fraction of sp³-hybridized carbons (Fsp3) is 0.222. The predicted molar refractivity (Wildman–Crippen MR) is 98.4 cm³/mol. The highest BCUT2D eigenvalue weighted by molar-refractivity contribution is 6.30. The Morgan fingerprint density at radius 3 is 2.81 bits per heavy atom. The summed E-state index contributed by atoms with van der Waals surface area (Å²) in [5, 5.41) is 14.2. The van der Waals surface area contributed by atoms with Crippen molar-refractivity contribution in [3.05, 3.63) is 59.1 Å². The predicted octanol–water partition coefficient (Wildman–Crippen LogP) is 2.89. The van der Waals surface area contributed by atoms with Crippen molar-refractivity contribution in [1.82, 2.24) is 25.5 Å². The van der Waals surface area contributed by atoms with Gasteiger partial charge in [-0.3, -0.25) is 4.79 Å². The zero-order chi connectivity index (χ0) is 19.4. The summed E-state index contributed by atoms with van der Waals surface area (Å²) in [6.45, 7) is 2.20. The van der Waals surface area contributed by atoms with Gasteiger partial charge in [-0.15, -0.1) is 5.10 Å². The topological polar surface area (TPSA) is 81.9 Å². The molecule has 9 heteroatoms. The lowest BCUT2D eigenvalue weighted by molar-refractivity contribution is 0.0905. The molecule has 0 aliphatic rings. The number of methoxy groups -OCH3 is 1. The molecule has 1 N–H and O–H groups in total. The summed E-state index contributed by atoms with van der Waals surface area (Å²) >= 11 is 5.84. The van der Waals surface area contributed by atoms with Gasteiger partial charge in [-0.05, 0) is 59.3 Å². The molecule has 2 aromatic carbocycles. The minimum absolute atomic E-state index is 0.185. The van der Waals surface area contributed by atoms with Gasteiger partial charge in [0.05, 0.1) is 12.3 Å². The number of tetrazole rings is 1. The molecule has 0 aliphatic carbocycles. The molecular formula is C18H17ClFN5O2. The van der Waals surface area contributed by atoms with Crippen LogP contribution in [0.3, 0.4) is 0 Å². The smallest absolute Gasteiger partial charge is 0.251 e. The number of nitrogens with one attached hydrogen (secondary N) is 1. The molecule has 140 valence electrons. The van der Waals surface area contributed by atoms with Crippen LogP contribution in [-0.2, 0) is 4.74 Å². The normalized spacial score (nSPS) is 12.0. The van der Waals surface area contributed by atoms with Crippen molar-refractivity contribution in [3.8, 4) is 16.8 Å². The molecule has 7 nitrogen and oxygen atoms in total. The van der Waals surface area contributed by atoms with E-state index in [1.807, 2.05) is 6.92 Å². The lowest BCUT2D eigenvalue weighted by atomic mass is 10.0. The molecule has 1 atom stereocenters. The maximum Gasteiger partial charge on any atom is 0.251 e. The van der Waals surface area contributed by atoms with Crippen LogP contribution in [-0.4, -0.2) is 45.9 Å². The Hall–Kier alpha value is -2.84. The second-order valence-electron chi connectivity index (χ2n) is 5.98. The number of aromatic nitrogens is 4. The van der Waals surface area contributed by atoms with Crippen LogP contribution >= 0.6 is 11.6 Å². The molecule has 0 spiro atoms. The average molecular weight is 390 g/mol. The molecule has 27 heavy (non-hydrogen) atoms. The highest BCUT2D eigenvalue weighted by Gasteiger charge is 2.15. The summed E-state index contributed by atoms with van der Waals surface area (Å²) < 4.78 is 20.8. The largest absolute Gasteiger partial charge is 0.383 e. The van der Waals surface area contributed by atoms with Gasteiger partial charge in [0.15, 0.2) is 0 Å². The molecule has 0 fully saturated rings. The van der Waals surface area contributed by atoms with Gasteiger partial charge >= 0.3 is 0 Å². The highest BCUT2D eigenvalue weighted by Crippen LogP contribution is 2.28. The van der Waals surface area contributed by atoms with Crippen LogP contribution < -0.4 is 5.32 Å². The Labute approximate surface area is 160 Å². The molecule has 0 bridgehead atoms. The number of benzene rings is 2. The number of hydrogen-bond donors (Lipinski definition) is 1. The molecule has 0 saturated carbocycles. The van der Waals surface area contributed by atoms with Gasteiger partial charge in [0, 0.05) is 29.3 Å². The summed E-state index contributed by atoms with van der Waals surface area (Å²) in [5.41, 5.74) is 1.68. The first-order chi connectivity index (χ1) is 13.0. The summed E-state index contributed by atoms with van der Waals surface area (Å²) in [6.07, 6.45) is 1.40. The van der Waals surface area contributed by atoms with Crippen molar-refractivity contribution in [2.24, 2.45) is 0 Å².